The van der Waals surface area contributed by atoms with Crippen molar-refractivity contribution in [1.29, 1.82) is 0 Å². The zero-order valence-electron chi connectivity index (χ0n) is 30.5. The molecule has 4 aliphatic rings. The summed E-state index contributed by atoms with van der Waals surface area (Å²) < 4.78 is 3.72. The van der Waals surface area contributed by atoms with Gasteiger partial charge in [-0.2, -0.15) is 0 Å². The number of nitrogens with zero attached hydrogens (tertiary/aromatic N) is 7. The molecule has 0 spiro atoms. The Bertz CT molecular complexity index is 2330. The molecule has 0 unspecified atom stereocenters. The fourth-order valence-electron chi connectivity index (χ4n) is 8.02. The first-order valence-corrected chi connectivity index (χ1v) is 18.9. The van der Waals surface area contributed by atoms with Gasteiger partial charge in [0.1, 0.15) is 22.6 Å². The molecule has 4 aromatic heterocycles. The number of nitrogens with one attached hydrogen (secondary N) is 2. The summed E-state index contributed by atoms with van der Waals surface area (Å²) in [7, 11) is 0. The molecular weight excluding hydrogens is 686 g/mol. The number of halogens is 1. The second-order valence-corrected chi connectivity index (χ2v) is 15.1. The predicted octanol–water partition coefficient (Wildman–Crippen LogP) is 6.70. The maximum atomic E-state index is 12.6. The van der Waals surface area contributed by atoms with Crippen LogP contribution in [0.1, 0.15) is 79.3 Å². The lowest BCUT2D eigenvalue weighted by atomic mass is 10.0. The van der Waals surface area contributed by atoms with Crippen molar-refractivity contribution >= 4 is 51.1 Å². The molecule has 2 aromatic carbocycles. The van der Waals surface area contributed by atoms with Crippen LogP contribution in [0.15, 0.2) is 72.8 Å². The molecule has 4 aliphatic heterocycles. The number of fused-ring (bicyclic) bond motifs is 10. The Morgan fingerprint density at radius 2 is 1.09 bits per heavy atom. The largest absolute Gasteiger partial charge is 0.353 e. The van der Waals surface area contributed by atoms with Gasteiger partial charge in [0.25, 0.3) is 0 Å². The van der Waals surface area contributed by atoms with Crippen molar-refractivity contribution in [3.8, 4) is 11.6 Å². The van der Waals surface area contributed by atoms with E-state index in [4.69, 9.17) is 16.6 Å². The lowest BCUT2D eigenvalue weighted by molar-refractivity contribution is 0.0969. The first kappa shape index (κ1) is 35.1. The standard InChI is InChI=1S/C20H21N5O.C14H8ClN3O.C7H15N/c1-12-10-24(11-13(2)21-12)18-8-7-14-9-17(26)20-22-15-5-3-4-6-16(15)25(20)19(14)23-18;15-12-6-5-8-7-11(19)14-16-9-3-1-2-4-10(9)18(14)13(8)17-12;1-6-4-3-5-7(2)8-6/h3-8,12-13,21H,9-11H2,1-2H3;1-6H,7H2;6-8H,3-5H2,1-2H3/t12-,13+;;6-,7+. The van der Waals surface area contributed by atoms with E-state index in [9.17, 15) is 9.59 Å². The summed E-state index contributed by atoms with van der Waals surface area (Å²) in [6.07, 6.45) is 4.83. The topological polar surface area (TPSA) is 123 Å². The van der Waals surface area contributed by atoms with E-state index in [1.54, 1.807) is 10.6 Å². The van der Waals surface area contributed by atoms with E-state index in [2.05, 4.69) is 58.2 Å². The number of aromatic nitrogens is 6. The number of piperidine rings is 1. The van der Waals surface area contributed by atoms with E-state index in [-0.39, 0.29) is 11.6 Å². The number of rotatable bonds is 1. The van der Waals surface area contributed by atoms with Crippen molar-refractivity contribution in [1.82, 2.24) is 39.7 Å². The quantitative estimate of drug-likeness (QED) is 0.178. The number of pyridine rings is 2. The van der Waals surface area contributed by atoms with Crippen LogP contribution in [0.4, 0.5) is 5.82 Å². The third-order valence-electron chi connectivity index (χ3n) is 10.3. The highest BCUT2D eigenvalue weighted by molar-refractivity contribution is 6.29. The number of anilines is 1. The molecule has 4 atom stereocenters. The van der Waals surface area contributed by atoms with Crippen LogP contribution in [-0.2, 0) is 12.8 Å². The van der Waals surface area contributed by atoms with E-state index >= 15 is 0 Å². The molecule has 0 amide bonds. The number of carbonyl (C=O) groups excluding carboxylic acids is 2. The van der Waals surface area contributed by atoms with Crippen molar-refractivity contribution in [2.45, 2.75) is 84.0 Å². The predicted molar refractivity (Wildman–Crippen MR) is 209 cm³/mol. The van der Waals surface area contributed by atoms with Gasteiger partial charge in [-0.25, -0.2) is 19.9 Å². The second kappa shape index (κ2) is 14.5. The molecule has 53 heavy (non-hydrogen) atoms. The van der Waals surface area contributed by atoms with Gasteiger partial charge in [0.15, 0.2) is 11.6 Å². The number of hydrogen-bond donors (Lipinski definition) is 2. The zero-order valence-corrected chi connectivity index (χ0v) is 31.3. The lowest BCUT2D eigenvalue weighted by Gasteiger charge is -2.37. The summed E-state index contributed by atoms with van der Waals surface area (Å²) >= 11 is 5.97. The highest BCUT2D eigenvalue weighted by Crippen LogP contribution is 2.31. The van der Waals surface area contributed by atoms with Gasteiger partial charge in [0.2, 0.25) is 11.6 Å². The Hall–Kier alpha value is -4.97. The van der Waals surface area contributed by atoms with Crippen molar-refractivity contribution in [2.75, 3.05) is 18.0 Å². The normalized spacial score (nSPS) is 21.8. The lowest BCUT2D eigenvalue weighted by Crippen LogP contribution is -2.54. The minimum absolute atomic E-state index is 0.00724. The summed E-state index contributed by atoms with van der Waals surface area (Å²) in [6.45, 7) is 10.8. The van der Waals surface area contributed by atoms with Crippen molar-refractivity contribution in [3.05, 3.63) is 101 Å². The Morgan fingerprint density at radius 1 is 0.604 bits per heavy atom. The fraction of sp³-hybridized carbons (Fsp3) is 0.366. The fourth-order valence-corrected chi connectivity index (χ4v) is 8.16. The summed E-state index contributed by atoms with van der Waals surface area (Å²) in [4.78, 5) is 45.3. The average Bonchev–Trinajstić information content (AvgIpc) is 3.73. The van der Waals surface area contributed by atoms with Crippen LogP contribution in [0.5, 0.6) is 0 Å². The number of imidazole rings is 2. The van der Waals surface area contributed by atoms with Crippen LogP contribution in [0.3, 0.4) is 0 Å². The molecule has 11 nitrogen and oxygen atoms in total. The summed E-state index contributed by atoms with van der Waals surface area (Å²) in [5.41, 5.74) is 5.28. The summed E-state index contributed by atoms with van der Waals surface area (Å²) in [5, 5.41) is 7.45. The molecule has 10 rings (SSSR count). The van der Waals surface area contributed by atoms with Crippen molar-refractivity contribution in [3.63, 3.8) is 0 Å². The maximum absolute atomic E-state index is 12.6. The van der Waals surface area contributed by atoms with E-state index in [1.165, 1.54) is 19.3 Å². The van der Waals surface area contributed by atoms with Gasteiger partial charge < -0.3 is 15.5 Å². The van der Waals surface area contributed by atoms with Gasteiger partial charge in [-0.05, 0) is 76.9 Å². The second-order valence-electron chi connectivity index (χ2n) is 14.8. The third-order valence-corrected chi connectivity index (χ3v) is 10.5. The van der Waals surface area contributed by atoms with E-state index in [0.717, 1.165) is 70.0 Å². The molecule has 6 aromatic rings. The number of benzene rings is 2. The average molecular weight is 730 g/mol. The Balaban J connectivity index is 0.000000129. The smallest absolute Gasteiger partial charge is 0.203 e. The van der Waals surface area contributed by atoms with Gasteiger partial charge >= 0.3 is 0 Å². The molecular formula is C41H44ClN9O2. The molecule has 2 fully saturated rings. The molecule has 0 radical (unpaired) electrons. The number of hydrogen-bond acceptors (Lipinski definition) is 9. The highest BCUT2D eigenvalue weighted by atomic mass is 35.5. The van der Waals surface area contributed by atoms with E-state index in [1.807, 2.05) is 71.3 Å². The molecule has 0 aliphatic carbocycles. The van der Waals surface area contributed by atoms with Gasteiger partial charge in [0, 0.05) is 61.2 Å². The van der Waals surface area contributed by atoms with Crippen LogP contribution in [0.25, 0.3) is 33.7 Å². The van der Waals surface area contributed by atoms with Crippen LogP contribution >= 0.6 is 11.6 Å². The Labute approximate surface area is 313 Å². The van der Waals surface area contributed by atoms with Gasteiger partial charge in [-0.3, -0.25) is 18.7 Å². The highest BCUT2D eigenvalue weighted by Gasteiger charge is 2.30. The monoisotopic (exact) mass is 729 g/mol. The first-order chi connectivity index (χ1) is 25.6. The Morgan fingerprint density at radius 3 is 1.62 bits per heavy atom. The molecule has 2 saturated heterocycles. The van der Waals surface area contributed by atoms with Crippen LogP contribution in [0, 0.1) is 0 Å². The van der Waals surface area contributed by atoms with Crippen LogP contribution < -0.4 is 15.5 Å². The van der Waals surface area contributed by atoms with Gasteiger partial charge in [-0.1, -0.05) is 54.4 Å². The first-order valence-electron chi connectivity index (χ1n) is 18.6. The minimum Gasteiger partial charge on any atom is -0.353 e. The third kappa shape index (κ3) is 6.96. The molecule has 12 heteroatoms. The van der Waals surface area contributed by atoms with Crippen molar-refractivity contribution < 1.29 is 9.59 Å². The zero-order chi connectivity index (χ0) is 36.8. The van der Waals surface area contributed by atoms with Gasteiger partial charge in [-0.15, -0.1) is 0 Å². The molecule has 272 valence electrons. The number of carbonyl (C=O) groups is 2. The van der Waals surface area contributed by atoms with Crippen LogP contribution in [0.2, 0.25) is 5.15 Å². The summed E-state index contributed by atoms with van der Waals surface area (Å²) in [5.74, 6) is 3.48. The number of Topliss-reactive ketones (excluding diaryl/α,β-unsaturated/α-hetero) is 2. The number of para-hydroxylation sites is 4. The summed E-state index contributed by atoms with van der Waals surface area (Å²) in [6, 6.07) is 25.5. The molecule has 0 bridgehead atoms. The maximum Gasteiger partial charge on any atom is 0.203 e. The van der Waals surface area contributed by atoms with Crippen LogP contribution in [-0.4, -0.2) is 77.9 Å². The Kier molecular flexibility index (Phi) is 9.57. The molecule has 2 N–H and O–H groups in total. The molecule has 8 heterocycles. The minimum atomic E-state index is 0.00724. The van der Waals surface area contributed by atoms with Gasteiger partial charge in [0.05, 0.1) is 22.1 Å². The number of piperazine rings is 1. The van der Waals surface area contributed by atoms with Crippen molar-refractivity contribution in [2.24, 2.45) is 0 Å². The SMILES string of the molecule is C[C@@H]1CCC[C@H](C)N1.C[C@@H]1CN(c2ccc3c(n2)-n2c(nc4ccccc42)C(=O)C3)C[C@H](C)N1.O=C1Cc2ccc(Cl)nc2-n2c1nc1ccccc12. The number of ketones is 2. The van der Waals surface area contributed by atoms with E-state index in [0.29, 0.717) is 47.5 Å². The molecule has 0 saturated carbocycles. The van der Waals surface area contributed by atoms with E-state index < -0.39 is 0 Å².